The van der Waals surface area contributed by atoms with Crippen LogP contribution in [0.15, 0.2) is 243 Å². The van der Waals surface area contributed by atoms with Crippen LogP contribution in [0.25, 0.3) is 104 Å². The van der Waals surface area contributed by atoms with Crippen LogP contribution in [0.1, 0.15) is 22.3 Å². The third-order valence-corrected chi connectivity index (χ3v) is 15.3. The molecule has 0 bridgehead atoms. The fourth-order valence-corrected chi connectivity index (χ4v) is 12.4. The summed E-state index contributed by atoms with van der Waals surface area (Å²) in [5.74, 6) is 1.87. The lowest BCUT2D eigenvalue weighted by atomic mass is 9.67. The molecule has 13 aromatic rings. The molecule has 4 nitrogen and oxygen atoms in total. The second-order valence-electron chi connectivity index (χ2n) is 17.9. The number of rotatable bonds is 7. The van der Waals surface area contributed by atoms with Crippen LogP contribution in [0.4, 0.5) is 0 Å². The van der Waals surface area contributed by atoms with E-state index < -0.39 is 5.41 Å². The Kier molecular flexibility index (Phi) is 8.95. The minimum atomic E-state index is -0.546. The Morgan fingerprint density at radius 1 is 0.348 bits per heavy atom. The molecule has 0 aliphatic heterocycles. The highest BCUT2D eigenvalue weighted by molar-refractivity contribution is 7.26. The highest BCUT2D eigenvalue weighted by Crippen LogP contribution is 2.56. The number of hydrogen-bond acceptors (Lipinski definition) is 4. The smallest absolute Gasteiger partial charge is 0.164 e. The van der Waals surface area contributed by atoms with Crippen LogP contribution in [0.2, 0.25) is 0 Å². The first-order valence-electron chi connectivity index (χ1n) is 23.4. The van der Waals surface area contributed by atoms with Gasteiger partial charge < -0.3 is 4.57 Å². The molecule has 1 aliphatic rings. The zero-order valence-corrected chi connectivity index (χ0v) is 38.1. The Hall–Kier alpha value is -8.77. The van der Waals surface area contributed by atoms with E-state index >= 15 is 0 Å². The van der Waals surface area contributed by atoms with Crippen LogP contribution in [0.3, 0.4) is 0 Å². The molecule has 5 heteroatoms. The van der Waals surface area contributed by atoms with E-state index in [-0.39, 0.29) is 0 Å². The highest BCUT2D eigenvalue weighted by Gasteiger charge is 2.46. The van der Waals surface area contributed by atoms with Crippen molar-refractivity contribution in [1.29, 1.82) is 0 Å². The van der Waals surface area contributed by atoms with Gasteiger partial charge in [-0.2, -0.15) is 0 Å². The SMILES string of the molecule is c1ccc(-c2nc(-c3cccc(-c4cccc(-n5c6ccccc6c6c7sc8ccccc8c7ccc65)c4)c3)nc(-c3ccc4c(c3)C(c3ccccc3)(c3ccccc3)c3ccccc3-4)n2)cc1. The summed E-state index contributed by atoms with van der Waals surface area (Å²) in [5.41, 5.74) is 15.3. The van der Waals surface area contributed by atoms with E-state index in [1.165, 1.54) is 75.4 Å². The zero-order valence-electron chi connectivity index (χ0n) is 37.3. The molecule has 0 spiro atoms. The molecule has 0 N–H and O–H groups in total. The van der Waals surface area contributed by atoms with Crippen molar-refractivity contribution in [3.05, 3.63) is 265 Å². The van der Waals surface area contributed by atoms with Gasteiger partial charge in [-0.05, 0) is 87.0 Å². The number of thiophene rings is 1. The van der Waals surface area contributed by atoms with Crippen LogP contribution in [-0.2, 0) is 5.41 Å². The van der Waals surface area contributed by atoms with E-state index in [1.54, 1.807) is 0 Å². The third kappa shape index (κ3) is 6.11. The minimum Gasteiger partial charge on any atom is -0.309 e. The molecule has 3 aromatic heterocycles. The molecule has 0 radical (unpaired) electrons. The van der Waals surface area contributed by atoms with Crippen LogP contribution >= 0.6 is 11.3 Å². The molecule has 0 unspecified atom stereocenters. The molecule has 0 saturated carbocycles. The Bertz CT molecular complexity index is 4100. The summed E-state index contributed by atoms with van der Waals surface area (Å²) in [7, 11) is 0. The number of nitrogens with zero attached hydrogens (tertiary/aromatic N) is 4. The summed E-state index contributed by atoms with van der Waals surface area (Å²) >= 11 is 1.88. The van der Waals surface area contributed by atoms with Crippen LogP contribution < -0.4 is 0 Å². The summed E-state index contributed by atoms with van der Waals surface area (Å²) < 4.78 is 5.06. The van der Waals surface area contributed by atoms with Gasteiger partial charge in [0.1, 0.15) is 0 Å². The predicted molar refractivity (Wildman–Crippen MR) is 286 cm³/mol. The molecule has 0 amide bonds. The van der Waals surface area contributed by atoms with Gasteiger partial charge in [-0.1, -0.05) is 200 Å². The molecule has 322 valence electrons. The topological polar surface area (TPSA) is 43.6 Å². The Labute approximate surface area is 403 Å². The van der Waals surface area contributed by atoms with Gasteiger partial charge in [0.05, 0.1) is 16.4 Å². The molecular formula is C64H40N4S. The summed E-state index contributed by atoms with van der Waals surface area (Å²) in [6.07, 6.45) is 0. The molecule has 0 atom stereocenters. The molecule has 0 saturated heterocycles. The van der Waals surface area contributed by atoms with Crippen molar-refractivity contribution in [3.8, 4) is 62.1 Å². The third-order valence-electron chi connectivity index (χ3n) is 14.1. The van der Waals surface area contributed by atoms with E-state index in [2.05, 4.69) is 229 Å². The maximum Gasteiger partial charge on any atom is 0.164 e. The van der Waals surface area contributed by atoms with E-state index in [1.807, 2.05) is 29.5 Å². The lowest BCUT2D eigenvalue weighted by Crippen LogP contribution is -2.28. The van der Waals surface area contributed by atoms with Gasteiger partial charge in [0.2, 0.25) is 0 Å². The first-order chi connectivity index (χ1) is 34.2. The molecule has 10 aromatic carbocycles. The largest absolute Gasteiger partial charge is 0.309 e. The number of hydrogen-bond donors (Lipinski definition) is 0. The van der Waals surface area contributed by atoms with E-state index in [0.29, 0.717) is 17.5 Å². The average Bonchev–Trinajstić information content (AvgIpc) is 4.08. The van der Waals surface area contributed by atoms with Crippen molar-refractivity contribution in [1.82, 2.24) is 19.5 Å². The predicted octanol–water partition coefficient (Wildman–Crippen LogP) is 16.4. The van der Waals surface area contributed by atoms with Gasteiger partial charge in [-0.3, -0.25) is 0 Å². The number of fused-ring (bicyclic) bond motifs is 10. The second-order valence-corrected chi connectivity index (χ2v) is 18.9. The highest BCUT2D eigenvalue weighted by atomic mass is 32.1. The van der Waals surface area contributed by atoms with Crippen LogP contribution in [0.5, 0.6) is 0 Å². The first kappa shape index (κ1) is 39.4. The van der Waals surface area contributed by atoms with E-state index in [4.69, 9.17) is 15.0 Å². The lowest BCUT2D eigenvalue weighted by Gasteiger charge is -2.34. The molecular weight excluding hydrogens is 857 g/mol. The monoisotopic (exact) mass is 896 g/mol. The number of para-hydroxylation sites is 1. The van der Waals surface area contributed by atoms with Crippen LogP contribution in [-0.4, -0.2) is 19.5 Å². The standard InChI is InChI=1S/C64H40N4S/c1-4-18-41(19-5-1)61-65-62(67-63(66-61)45-34-35-50-49-28-10-13-31-54(49)64(55(50)40-45,46-23-6-2-7-24-46)47-25-8-3-9-26-47)44-22-16-20-42(38-44)43-21-17-27-48(39-43)68-56-32-14-11-30-53(56)59-57(68)37-36-52-51-29-12-15-33-58(51)69-60(52)59/h1-40H. The van der Waals surface area contributed by atoms with Crippen LogP contribution in [0, 0.1) is 0 Å². The van der Waals surface area contributed by atoms with Crippen molar-refractivity contribution in [2.75, 3.05) is 0 Å². The molecule has 0 fully saturated rings. The summed E-state index contributed by atoms with van der Waals surface area (Å²) in [4.78, 5) is 15.8. The summed E-state index contributed by atoms with van der Waals surface area (Å²) in [6, 6.07) is 87.3. The van der Waals surface area contributed by atoms with Crippen molar-refractivity contribution in [2.45, 2.75) is 5.41 Å². The molecule has 1 aliphatic carbocycles. The van der Waals surface area contributed by atoms with Crippen molar-refractivity contribution >= 4 is 53.3 Å². The van der Waals surface area contributed by atoms with E-state index in [0.717, 1.165) is 33.5 Å². The summed E-state index contributed by atoms with van der Waals surface area (Å²) in [5, 5.41) is 5.18. The van der Waals surface area contributed by atoms with Gasteiger partial charge >= 0.3 is 0 Å². The van der Waals surface area contributed by atoms with Crippen molar-refractivity contribution < 1.29 is 0 Å². The van der Waals surface area contributed by atoms with Crippen molar-refractivity contribution in [3.63, 3.8) is 0 Å². The molecule has 14 rings (SSSR count). The Morgan fingerprint density at radius 3 is 1.68 bits per heavy atom. The van der Waals surface area contributed by atoms with E-state index in [9.17, 15) is 0 Å². The van der Waals surface area contributed by atoms with Crippen molar-refractivity contribution in [2.24, 2.45) is 0 Å². The van der Waals surface area contributed by atoms with Gasteiger partial charge in [0.15, 0.2) is 17.5 Å². The maximum absolute atomic E-state index is 5.34. The fraction of sp³-hybridized carbons (Fsp3) is 0.0156. The zero-order chi connectivity index (χ0) is 45.5. The number of benzene rings is 10. The maximum atomic E-state index is 5.34. The van der Waals surface area contributed by atoms with Gasteiger partial charge in [-0.25, -0.2) is 15.0 Å². The second kappa shape index (κ2) is 15.7. The molecule has 69 heavy (non-hydrogen) atoms. The van der Waals surface area contributed by atoms with Gasteiger partial charge in [0.25, 0.3) is 0 Å². The normalized spacial score (nSPS) is 12.8. The average molecular weight is 897 g/mol. The van der Waals surface area contributed by atoms with Gasteiger partial charge in [-0.15, -0.1) is 11.3 Å². The fourth-order valence-electron chi connectivity index (χ4n) is 11.1. The lowest BCUT2D eigenvalue weighted by molar-refractivity contribution is 0.768. The Morgan fingerprint density at radius 2 is 0.913 bits per heavy atom. The van der Waals surface area contributed by atoms with Gasteiger partial charge in [0, 0.05) is 53.3 Å². The number of aromatic nitrogens is 4. The Balaban J connectivity index is 0.912. The first-order valence-corrected chi connectivity index (χ1v) is 24.2. The quantitative estimate of drug-likeness (QED) is 0.160. The molecule has 3 heterocycles. The summed E-state index contributed by atoms with van der Waals surface area (Å²) in [6.45, 7) is 0. The minimum absolute atomic E-state index is 0.546.